The SMILES string of the molecule is CCNC(C)CC(=O)N(C)Cc1cccc(F)c1. The van der Waals surface area contributed by atoms with E-state index in [4.69, 9.17) is 0 Å². The molecule has 0 fully saturated rings. The highest BCUT2D eigenvalue weighted by molar-refractivity contribution is 5.76. The van der Waals surface area contributed by atoms with Crippen molar-refractivity contribution in [3.8, 4) is 0 Å². The minimum absolute atomic E-state index is 0.0627. The first kappa shape index (κ1) is 14.6. The van der Waals surface area contributed by atoms with Gasteiger partial charge in [-0.05, 0) is 31.2 Å². The first-order chi connectivity index (χ1) is 8.52. The Balaban J connectivity index is 2.49. The van der Waals surface area contributed by atoms with E-state index >= 15 is 0 Å². The summed E-state index contributed by atoms with van der Waals surface area (Å²) in [6, 6.07) is 6.50. The van der Waals surface area contributed by atoms with Crippen LogP contribution in [0, 0.1) is 5.82 Å². The summed E-state index contributed by atoms with van der Waals surface area (Å²) in [4.78, 5) is 13.5. The highest BCUT2D eigenvalue weighted by atomic mass is 19.1. The summed E-state index contributed by atoms with van der Waals surface area (Å²) in [5, 5.41) is 3.20. The number of halogens is 1. The van der Waals surface area contributed by atoms with Gasteiger partial charge in [0.05, 0.1) is 0 Å². The number of nitrogens with zero attached hydrogens (tertiary/aromatic N) is 1. The molecule has 18 heavy (non-hydrogen) atoms. The van der Waals surface area contributed by atoms with Crippen LogP contribution >= 0.6 is 0 Å². The van der Waals surface area contributed by atoms with Crippen LogP contribution < -0.4 is 5.32 Å². The smallest absolute Gasteiger partial charge is 0.224 e. The van der Waals surface area contributed by atoms with Crippen molar-refractivity contribution in [3.05, 3.63) is 35.6 Å². The fraction of sp³-hybridized carbons (Fsp3) is 0.500. The zero-order chi connectivity index (χ0) is 13.5. The largest absolute Gasteiger partial charge is 0.341 e. The number of benzene rings is 1. The molecule has 1 aromatic rings. The Bertz CT molecular complexity index is 395. The van der Waals surface area contributed by atoms with Gasteiger partial charge in [-0.15, -0.1) is 0 Å². The number of carbonyl (C=O) groups excluding carboxylic acids is 1. The second-order valence-corrected chi connectivity index (χ2v) is 4.54. The molecule has 0 aliphatic carbocycles. The second kappa shape index (κ2) is 7.11. The Hall–Kier alpha value is -1.42. The molecule has 0 spiro atoms. The van der Waals surface area contributed by atoms with Gasteiger partial charge >= 0.3 is 0 Å². The highest BCUT2D eigenvalue weighted by Crippen LogP contribution is 2.07. The van der Waals surface area contributed by atoms with Gasteiger partial charge in [0.1, 0.15) is 5.82 Å². The molecule has 0 bridgehead atoms. The van der Waals surface area contributed by atoms with Gasteiger partial charge in [0.2, 0.25) is 5.91 Å². The second-order valence-electron chi connectivity index (χ2n) is 4.54. The van der Waals surface area contributed by atoms with Crippen LogP contribution in [0.2, 0.25) is 0 Å². The average Bonchev–Trinajstić information content (AvgIpc) is 2.29. The molecule has 0 saturated heterocycles. The molecular weight excluding hydrogens is 231 g/mol. The molecular formula is C14H21FN2O. The third-order valence-electron chi connectivity index (χ3n) is 2.77. The number of amides is 1. The highest BCUT2D eigenvalue weighted by Gasteiger charge is 2.13. The van der Waals surface area contributed by atoms with Crippen molar-refractivity contribution < 1.29 is 9.18 Å². The third kappa shape index (κ3) is 4.84. The van der Waals surface area contributed by atoms with Crippen molar-refractivity contribution >= 4 is 5.91 Å². The van der Waals surface area contributed by atoms with Crippen molar-refractivity contribution in [1.82, 2.24) is 10.2 Å². The topological polar surface area (TPSA) is 32.3 Å². The Labute approximate surface area is 108 Å². The zero-order valence-corrected chi connectivity index (χ0v) is 11.2. The van der Waals surface area contributed by atoms with Crippen LogP contribution in [0.4, 0.5) is 4.39 Å². The molecule has 1 aromatic carbocycles. The van der Waals surface area contributed by atoms with E-state index in [0.29, 0.717) is 13.0 Å². The molecule has 0 heterocycles. The number of hydrogen-bond donors (Lipinski definition) is 1. The van der Waals surface area contributed by atoms with Gasteiger partial charge in [0.15, 0.2) is 0 Å². The Morgan fingerprint density at radius 1 is 1.50 bits per heavy atom. The summed E-state index contributed by atoms with van der Waals surface area (Å²) in [5.41, 5.74) is 0.807. The summed E-state index contributed by atoms with van der Waals surface area (Å²) in [7, 11) is 1.74. The quantitative estimate of drug-likeness (QED) is 0.841. The summed E-state index contributed by atoms with van der Waals surface area (Å²) in [6.45, 7) is 5.28. The van der Waals surface area contributed by atoms with Gasteiger partial charge in [0, 0.05) is 26.1 Å². The molecule has 0 radical (unpaired) electrons. The summed E-state index contributed by atoms with van der Waals surface area (Å²) in [6.07, 6.45) is 0.458. The zero-order valence-electron chi connectivity index (χ0n) is 11.2. The number of carbonyl (C=O) groups is 1. The van der Waals surface area contributed by atoms with Crippen molar-refractivity contribution in [1.29, 1.82) is 0 Å². The molecule has 0 aliphatic heterocycles. The maximum Gasteiger partial charge on any atom is 0.224 e. The molecule has 1 rings (SSSR count). The molecule has 3 nitrogen and oxygen atoms in total. The summed E-state index contributed by atoms with van der Waals surface area (Å²) in [5.74, 6) is -0.206. The van der Waals surface area contributed by atoms with E-state index in [-0.39, 0.29) is 17.8 Å². The minimum atomic E-state index is -0.269. The third-order valence-corrected chi connectivity index (χ3v) is 2.77. The number of nitrogens with one attached hydrogen (secondary N) is 1. The maximum atomic E-state index is 13.0. The van der Waals surface area contributed by atoms with Gasteiger partial charge in [-0.3, -0.25) is 4.79 Å². The normalized spacial score (nSPS) is 12.2. The van der Waals surface area contributed by atoms with Crippen LogP contribution in [0.25, 0.3) is 0 Å². The van der Waals surface area contributed by atoms with Crippen LogP contribution in [0.15, 0.2) is 24.3 Å². The van der Waals surface area contributed by atoms with Gasteiger partial charge in [-0.25, -0.2) is 4.39 Å². The van der Waals surface area contributed by atoms with Crippen LogP contribution in [-0.4, -0.2) is 30.4 Å². The van der Waals surface area contributed by atoms with E-state index in [1.54, 1.807) is 18.0 Å². The fourth-order valence-electron chi connectivity index (χ4n) is 1.84. The minimum Gasteiger partial charge on any atom is -0.341 e. The lowest BCUT2D eigenvalue weighted by molar-refractivity contribution is -0.130. The predicted molar refractivity (Wildman–Crippen MR) is 70.6 cm³/mol. The van der Waals surface area contributed by atoms with Crippen molar-refractivity contribution in [2.45, 2.75) is 32.9 Å². The predicted octanol–water partition coefficient (Wildman–Crippen LogP) is 2.17. The molecule has 0 aromatic heterocycles. The first-order valence-corrected chi connectivity index (χ1v) is 6.24. The van der Waals surface area contributed by atoms with Crippen LogP contribution in [0.5, 0.6) is 0 Å². The lowest BCUT2D eigenvalue weighted by atomic mass is 10.2. The standard InChI is InChI=1S/C14H21FN2O/c1-4-16-11(2)8-14(18)17(3)10-12-6-5-7-13(15)9-12/h5-7,9,11,16H,4,8,10H2,1-3H3. The van der Waals surface area contributed by atoms with E-state index in [0.717, 1.165) is 12.1 Å². The van der Waals surface area contributed by atoms with Crippen molar-refractivity contribution in [2.75, 3.05) is 13.6 Å². The van der Waals surface area contributed by atoms with Crippen molar-refractivity contribution in [2.24, 2.45) is 0 Å². The number of hydrogen-bond acceptors (Lipinski definition) is 2. The van der Waals surface area contributed by atoms with E-state index in [1.165, 1.54) is 12.1 Å². The van der Waals surface area contributed by atoms with Crippen LogP contribution in [0.1, 0.15) is 25.8 Å². The Morgan fingerprint density at radius 2 is 2.22 bits per heavy atom. The number of rotatable bonds is 6. The molecule has 100 valence electrons. The molecule has 1 unspecified atom stereocenters. The van der Waals surface area contributed by atoms with Crippen molar-refractivity contribution in [3.63, 3.8) is 0 Å². The molecule has 1 atom stereocenters. The van der Waals surface area contributed by atoms with E-state index in [1.807, 2.05) is 19.9 Å². The lowest BCUT2D eigenvalue weighted by Crippen LogP contribution is -2.34. The van der Waals surface area contributed by atoms with Crippen LogP contribution in [-0.2, 0) is 11.3 Å². The van der Waals surface area contributed by atoms with Crippen LogP contribution in [0.3, 0.4) is 0 Å². The van der Waals surface area contributed by atoms with E-state index in [2.05, 4.69) is 5.32 Å². The summed E-state index contributed by atoms with van der Waals surface area (Å²) < 4.78 is 13.0. The molecule has 1 amide bonds. The monoisotopic (exact) mass is 252 g/mol. The molecule has 1 N–H and O–H groups in total. The maximum absolute atomic E-state index is 13.0. The Kier molecular flexibility index (Phi) is 5.78. The fourth-order valence-corrected chi connectivity index (χ4v) is 1.84. The Morgan fingerprint density at radius 3 is 2.83 bits per heavy atom. The van der Waals surface area contributed by atoms with Gasteiger partial charge < -0.3 is 10.2 Å². The first-order valence-electron chi connectivity index (χ1n) is 6.24. The average molecular weight is 252 g/mol. The lowest BCUT2D eigenvalue weighted by Gasteiger charge is -2.20. The molecule has 4 heteroatoms. The van der Waals surface area contributed by atoms with Gasteiger partial charge in [-0.2, -0.15) is 0 Å². The summed E-state index contributed by atoms with van der Waals surface area (Å²) >= 11 is 0. The molecule has 0 aliphatic rings. The van der Waals surface area contributed by atoms with Gasteiger partial charge in [-0.1, -0.05) is 19.1 Å². The van der Waals surface area contributed by atoms with E-state index < -0.39 is 0 Å². The van der Waals surface area contributed by atoms with E-state index in [9.17, 15) is 9.18 Å². The van der Waals surface area contributed by atoms with Gasteiger partial charge in [0.25, 0.3) is 0 Å². The molecule has 0 saturated carbocycles.